The zero-order chi connectivity index (χ0) is 29.8. The van der Waals surface area contributed by atoms with Crippen molar-refractivity contribution >= 4 is 18.0 Å². The van der Waals surface area contributed by atoms with Crippen LogP contribution in [0.2, 0.25) is 0 Å². The van der Waals surface area contributed by atoms with Crippen molar-refractivity contribution in [3.05, 3.63) is 18.6 Å². The fraction of sp³-hybridized carbons (Fsp3) is 0.824. The Morgan fingerprint density at radius 1 is 1.02 bits per heavy atom. The molecule has 0 bridgehead atoms. The van der Waals surface area contributed by atoms with Gasteiger partial charge in [-0.1, -0.05) is 77.4 Å². The van der Waals surface area contributed by atoms with E-state index in [1.165, 1.54) is 50.5 Å². The molecule has 0 spiro atoms. The number of carbonyl (C=O) groups is 3. The van der Waals surface area contributed by atoms with E-state index < -0.39 is 12.1 Å². The third-order valence-electron chi connectivity index (χ3n) is 11.5. The number of amides is 2. The first-order chi connectivity index (χ1) is 19.4. The summed E-state index contributed by atoms with van der Waals surface area (Å²) < 4.78 is 5.77. The summed E-state index contributed by atoms with van der Waals surface area (Å²) in [7, 11) is 0. The van der Waals surface area contributed by atoms with Crippen LogP contribution in [0.25, 0.3) is 0 Å². The summed E-state index contributed by atoms with van der Waals surface area (Å²) in [6.07, 6.45) is 14.8. The third kappa shape index (κ3) is 7.30. The lowest BCUT2D eigenvalue weighted by Crippen LogP contribution is -2.51. The molecule has 0 aromatic heterocycles. The molecule has 7 heteroatoms. The van der Waals surface area contributed by atoms with Gasteiger partial charge in [0, 0.05) is 25.9 Å². The van der Waals surface area contributed by atoms with E-state index in [1.54, 1.807) is 0 Å². The molecule has 3 fully saturated rings. The Morgan fingerprint density at radius 2 is 1.78 bits per heavy atom. The Morgan fingerprint density at radius 3 is 2.51 bits per heavy atom. The van der Waals surface area contributed by atoms with E-state index in [2.05, 4.69) is 44.4 Å². The number of aliphatic carboxylic acids is 1. The van der Waals surface area contributed by atoms with E-state index in [-0.39, 0.29) is 43.4 Å². The zero-order valence-corrected chi connectivity index (χ0v) is 26.0. The maximum Gasteiger partial charge on any atom is 0.407 e. The number of carbonyl (C=O) groups excluding carboxylic acids is 2. The highest BCUT2D eigenvalue weighted by molar-refractivity contribution is 5.80. The van der Waals surface area contributed by atoms with E-state index in [1.807, 2.05) is 0 Å². The average molecular weight is 572 g/mol. The van der Waals surface area contributed by atoms with E-state index >= 15 is 0 Å². The molecule has 4 rings (SSSR count). The number of carboxylic acid groups (broad SMARTS) is 1. The first-order valence-electron chi connectivity index (χ1n) is 16.4. The number of hydrogen-bond acceptors (Lipinski definition) is 4. The minimum atomic E-state index is -1.00. The monoisotopic (exact) mass is 571 g/mol. The SMILES string of the molecule is [CH2-]C12CCC(OC(=O)NCCNC(=O)CCC(=O)O)CC1=CCC1C2CCC2(C)C(C(C)CCCC(C)C)CCC12. The second-order valence-corrected chi connectivity index (χ2v) is 14.5. The van der Waals surface area contributed by atoms with Gasteiger partial charge in [0.05, 0.1) is 6.42 Å². The van der Waals surface area contributed by atoms with Crippen molar-refractivity contribution in [3.63, 3.8) is 0 Å². The summed E-state index contributed by atoms with van der Waals surface area (Å²) in [4.78, 5) is 34.6. The third-order valence-corrected chi connectivity index (χ3v) is 11.5. The van der Waals surface area contributed by atoms with Crippen molar-refractivity contribution in [2.45, 2.75) is 117 Å². The highest BCUT2D eigenvalue weighted by atomic mass is 16.6. The van der Waals surface area contributed by atoms with Gasteiger partial charge in [0.2, 0.25) is 5.91 Å². The van der Waals surface area contributed by atoms with E-state index in [4.69, 9.17) is 16.8 Å². The first-order valence-corrected chi connectivity index (χ1v) is 16.4. The van der Waals surface area contributed by atoms with Crippen LogP contribution in [0.4, 0.5) is 4.79 Å². The van der Waals surface area contributed by atoms with Gasteiger partial charge < -0.3 is 27.4 Å². The van der Waals surface area contributed by atoms with Crippen LogP contribution in [-0.4, -0.2) is 42.3 Å². The Hall–Kier alpha value is -2.05. The van der Waals surface area contributed by atoms with Crippen LogP contribution in [0.1, 0.15) is 111 Å². The van der Waals surface area contributed by atoms with Crippen molar-refractivity contribution in [3.8, 4) is 0 Å². The summed E-state index contributed by atoms with van der Waals surface area (Å²) in [6, 6.07) is 0. The molecule has 0 aromatic carbocycles. The molecule has 0 radical (unpaired) electrons. The number of fused-ring (bicyclic) bond motifs is 5. The van der Waals surface area contributed by atoms with Crippen molar-refractivity contribution in [1.29, 1.82) is 0 Å². The van der Waals surface area contributed by atoms with Crippen LogP contribution in [0, 0.1) is 53.3 Å². The van der Waals surface area contributed by atoms with Gasteiger partial charge in [-0.15, -0.1) is 5.41 Å². The minimum Gasteiger partial charge on any atom is -0.481 e. The quantitative estimate of drug-likeness (QED) is 0.134. The molecule has 0 heterocycles. The standard InChI is InChI=1S/C34H55N2O5/c1-22(2)7-6-8-23(3)27-11-12-28-26-10-9-24-21-25(15-17-33(24,4)29(26)16-18-34(27,28)5)41-32(40)36-20-19-35-30(37)13-14-31(38)39/h9,22-23,25-29H,4,6-8,10-21H2,1-3,5H3,(H,35,37)(H,36,40)(H,38,39)/q-1. The number of carboxylic acids is 1. The van der Waals surface area contributed by atoms with Crippen molar-refractivity contribution < 1.29 is 24.2 Å². The fourth-order valence-corrected chi connectivity index (χ4v) is 9.41. The smallest absolute Gasteiger partial charge is 0.407 e. The Bertz CT molecular complexity index is 978. The van der Waals surface area contributed by atoms with Gasteiger partial charge in [-0.05, 0) is 67.1 Å². The van der Waals surface area contributed by atoms with E-state index in [9.17, 15) is 14.4 Å². The molecular weight excluding hydrogens is 516 g/mol. The molecule has 0 aliphatic heterocycles. The van der Waals surface area contributed by atoms with Gasteiger partial charge >= 0.3 is 12.1 Å². The number of rotatable bonds is 12. The molecule has 0 saturated heterocycles. The molecule has 4 aliphatic carbocycles. The average Bonchev–Trinajstić information content (AvgIpc) is 3.27. The van der Waals surface area contributed by atoms with Crippen LogP contribution in [0.15, 0.2) is 11.6 Å². The Balaban J connectivity index is 1.27. The molecular formula is C34H55N2O5-. The van der Waals surface area contributed by atoms with Gasteiger partial charge in [-0.25, -0.2) is 4.79 Å². The number of allylic oxidation sites excluding steroid dienone is 1. The molecule has 7 nitrogen and oxygen atoms in total. The molecule has 232 valence electrons. The maximum absolute atomic E-state index is 12.4. The molecule has 4 aliphatic rings. The molecule has 41 heavy (non-hydrogen) atoms. The molecule has 8 atom stereocenters. The highest BCUT2D eigenvalue weighted by Crippen LogP contribution is 2.67. The molecule has 8 unspecified atom stereocenters. The largest absolute Gasteiger partial charge is 0.481 e. The second kappa shape index (κ2) is 13.5. The van der Waals surface area contributed by atoms with Crippen molar-refractivity contribution in [1.82, 2.24) is 10.6 Å². The zero-order valence-electron chi connectivity index (χ0n) is 26.0. The second-order valence-electron chi connectivity index (χ2n) is 14.5. The van der Waals surface area contributed by atoms with Gasteiger partial charge in [0.15, 0.2) is 0 Å². The number of alkyl carbamates (subject to hydrolysis) is 1. The fourth-order valence-electron chi connectivity index (χ4n) is 9.41. The lowest BCUT2D eigenvalue weighted by molar-refractivity contribution is -0.138. The predicted octanol–water partition coefficient (Wildman–Crippen LogP) is 6.92. The van der Waals surface area contributed by atoms with Gasteiger partial charge in [0.1, 0.15) is 6.10 Å². The summed E-state index contributed by atoms with van der Waals surface area (Å²) in [6.45, 7) is 15.2. The maximum atomic E-state index is 12.4. The van der Waals surface area contributed by atoms with Crippen LogP contribution in [-0.2, 0) is 14.3 Å². The van der Waals surface area contributed by atoms with Crippen LogP contribution < -0.4 is 10.6 Å². The molecule has 3 saturated carbocycles. The van der Waals surface area contributed by atoms with Crippen LogP contribution in [0.5, 0.6) is 0 Å². The normalized spacial score (nSPS) is 35.0. The Labute approximate surface area is 248 Å². The van der Waals surface area contributed by atoms with E-state index in [0.29, 0.717) is 11.3 Å². The van der Waals surface area contributed by atoms with E-state index in [0.717, 1.165) is 55.3 Å². The highest BCUT2D eigenvalue weighted by Gasteiger charge is 2.57. The summed E-state index contributed by atoms with van der Waals surface area (Å²) in [5.41, 5.74) is 1.84. The van der Waals surface area contributed by atoms with Gasteiger partial charge in [0.25, 0.3) is 0 Å². The molecule has 0 aromatic rings. The van der Waals surface area contributed by atoms with Gasteiger partial charge in [-0.3, -0.25) is 9.59 Å². The summed E-state index contributed by atoms with van der Waals surface area (Å²) in [5.74, 6) is 3.30. The van der Waals surface area contributed by atoms with Crippen molar-refractivity contribution in [2.24, 2.45) is 46.3 Å². The van der Waals surface area contributed by atoms with Crippen molar-refractivity contribution in [2.75, 3.05) is 13.1 Å². The predicted molar refractivity (Wildman–Crippen MR) is 161 cm³/mol. The lowest BCUT2D eigenvalue weighted by Gasteiger charge is -2.62. The molecule has 3 N–H and O–H groups in total. The van der Waals surface area contributed by atoms with Gasteiger partial charge in [-0.2, -0.15) is 0 Å². The minimum absolute atomic E-state index is 0.0260. The van der Waals surface area contributed by atoms with Crippen LogP contribution in [0.3, 0.4) is 0 Å². The first kappa shape index (κ1) is 31.9. The lowest BCUT2D eigenvalue weighted by atomic mass is 9.47. The van der Waals surface area contributed by atoms with Crippen LogP contribution >= 0.6 is 0 Å². The number of hydrogen-bond donors (Lipinski definition) is 3. The number of nitrogens with one attached hydrogen (secondary N) is 2. The topological polar surface area (TPSA) is 105 Å². The summed E-state index contributed by atoms with van der Waals surface area (Å²) in [5, 5.41) is 14.0. The summed E-state index contributed by atoms with van der Waals surface area (Å²) >= 11 is 0. The Kier molecular flexibility index (Phi) is 10.5. The number of ether oxygens (including phenoxy) is 1. The molecule has 2 amide bonds.